The van der Waals surface area contributed by atoms with E-state index in [1.54, 1.807) is 0 Å². The summed E-state index contributed by atoms with van der Waals surface area (Å²) in [5.74, 6) is 0.258. The quantitative estimate of drug-likeness (QED) is 0.573. The topological polar surface area (TPSA) is 32.7 Å². The molecule has 0 unspecified atom stereocenters. The lowest BCUT2D eigenvalue weighted by Gasteiger charge is -2.49. The Morgan fingerprint density at radius 3 is 2.22 bits per heavy atom. The first-order valence-electron chi connectivity index (χ1n) is 8.61. The van der Waals surface area contributed by atoms with Crippen LogP contribution in [-0.4, -0.2) is 32.3 Å². The molecule has 0 amide bonds. The SMILES string of the molecule is CC(CC(=O)Cc1ccccc1)=NN1[Si](C)(C)CCC[Si]1(C)C. The van der Waals surface area contributed by atoms with Crippen LogP contribution in [0.5, 0.6) is 0 Å². The molecule has 1 aliphatic heterocycles. The second-order valence-electron chi connectivity index (χ2n) is 8.00. The molecule has 0 atom stereocenters. The van der Waals surface area contributed by atoms with Gasteiger partial charge in [0.05, 0.1) is 0 Å². The molecule has 1 heterocycles. The molecule has 0 bridgehead atoms. The van der Waals surface area contributed by atoms with Gasteiger partial charge in [0.1, 0.15) is 5.78 Å². The number of carbonyl (C=O) groups excluding carboxylic acids is 1. The number of ketones is 1. The average molecular weight is 347 g/mol. The fraction of sp³-hybridized carbons (Fsp3) is 0.556. The second-order valence-corrected chi connectivity index (χ2v) is 17.5. The smallest absolute Gasteiger partial charge is 0.161 e. The molecule has 23 heavy (non-hydrogen) atoms. The number of Topliss-reactive ketones (excluding diaryl/α,β-unsaturated/α-hetero) is 1. The Balaban J connectivity index is 2.05. The normalized spacial score (nSPS) is 20.4. The van der Waals surface area contributed by atoms with Crippen molar-refractivity contribution in [3.63, 3.8) is 0 Å². The fourth-order valence-electron chi connectivity index (χ4n) is 3.63. The minimum absolute atomic E-state index is 0.258. The lowest BCUT2D eigenvalue weighted by Crippen LogP contribution is -2.62. The maximum atomic E-state index is 12.3. The van der Waals surface area contributed by atoms with Crippen LogP contribution in [0.15, 0.2) is 35.4 Å². The van der Waals surface area contributed by atoms with Crippen molar-refractivity contribution in [2.75, 3.05) is 0 Å². The van der Waals surface area contributed by atoms with E-state index in [2.05, 4.69) is 30.5 Å². The second kappa shape index (κ2) is 7.13. The molecule has 0 aliphatic carbocycles. The van der Waals surface area contributed by atoms with Crippen molar-refractivity contribution in [3.8, 4) is 0 Å². The van der Waals surface area contributed by atoms with Gasteiger partial charge in [-0.05, 0) is 24.6 Å². The van der Waals surface area contributed by atoms with Gasteiger partial charge in [-0.25, -0.2) is 5.10 Å². The number of nitrogens with zero attached hydrogens (tertiary/aromatic N) is 2. The van der Waals surface area contributed by atoms with E-state index >= 15 is 0 Å². The fourth-order valence-corrected chi connectivity index (χ4v) is 14.6. The van der Waals surface area contributed by atoms with E-state index in [4.69, 9.17) is 5.10 Å². The number of hydrogen-bond acceptors (Lipinski definition) is 3. The zero-order chi connectivity index (χ0) is 17.1. The average Bonchev–Trinajstić information content (AvgIpc) is 2.43. The predicted octanol–water partition coefficient (Wildman–Crippen LogP) is 4.68. The van der Waals surface area contributed by atoms with Gasteiger partial charge >= 0.3 is 0 Å². The Hall–Kier alpha value is -1.21. The van der Waals surface area contributed by atoms with Gasteiger partial charge in [0.2, 0.25) is 0 Å². The predicted molar refractivity (Wildman–Crippen MR) is 104 cm³/mol. The van der Waals surface area contributed by atoms with Crippen molar-refractivity contribution in [1.29, 1.82) is 0 Å². The molecule has 2 rings (SSSR count). The van der Waals surface area contributed by atoms with E-state index in [0.717, 1.165) is 11.3 Å². The molecule has 0 aromatic heterocycles. The Bertz CT molecular complexity index is 566. The van der Waals surface area contributed by atoms with Gasteiger partial charge in [-0.3, -0.25) is 4.79 Å². The van der Waals surface area contributed by atoms with Crippen LogP contribution in [0.1, 0.15) is 25.3 Å². The first kappa shape index (κ1) is 18.1. The van der Waals surface area contributed by atoms with Crippen LogP contribution in [0.4, 0.5) is 0 Å². The number of carbonyl (C=O) groups is 1. The van der Waals surface area contributed by atoms with Crippen LogP contribution >= 0.6 is 0 Å². The molecule has 0 saturated carbocycles. The Morgan fingerprint density at radius 1 is 1.09 bits per heavy atom. The molecule has 1 saturated heterocycles. The van der Waals surface area contributed by atoms with E-state index in [1.165, 1.54) is 18.5 Å². The van der Waals surface area contributed by atoms with Crippen LogP contribution < -0.4 is 0 Å². The van der Waals surface area contributed by atoms with Gasteiger partial charge in [-0.1, -0.05) is 62.9 Å². The number of benzene rings is 1. The summed E-state index contributed by atoms with van der Waals surface area (Å²) in [7, 11) is -2.89. The third kappa shape index (κ3) is 4.88. The van der Waals surface area contributed by atoms with Crippen molar-refractivity contribution in [2.24, 2.45) is 5.10 Å². The summed E-state index contributed by atoms with van der Waals surface area (Å²) in [5.41, 5.74) is 2.07. The van der Waals surface area contributed by atoms with Crippen LogP contribution in [-0.2, 0) is 11.2 Å². The van der Waals surface area contributed by atoms with Gasteiger partial charge < -0.3 is 4.34 Å². The van der Waals surface area contributed by atoms with Gasteiger partial charge in [-0.2, -0.15) is 0 Å². The van der Waals surface area contributed by atoms with Crippen LogP contribution in [0.2, 0.25) is 38.3 Å². The molecule has 126 valence electrons. The first-order valence-corrected chi connectivity index (χ1v) is 14.9. The molecule has 0 spiro atoms. The Labute approximate surface area is 143 Å². The molecule has 3 nitrogen and oxygen atoms in total. The lowest BCUT2D eigenvalue weighted by molar-refractivity contribution is -0.117. The van der Waals surface area contributed by atoms with Crippen molar-refractivity contribution in [1.82, 2.24) is 4.34 Å². The molecule has 5 heteroatoms. The molecule has 1 aromatic carbocycles. The third-order valence-electron chi connectivity index (χ3n) is 4.69. The van der Waals surface area contributed by atoms with Crippen LogP contribution in [0.25, 0.3) is 0 Å². The molecule has 0 radical (unpaired) electrons. The van der Waals surface area contributed by atoms with E-state index < -0.39 is 16.5 Å². The molecular formula is C18H30N2OSi2. The van der Waals surface area contributed by atoms with Crippen molar-refractivity contribution in [2.45, 2.75) is 64.5 Å². The van der Waals surface area contributed by atoms with E-state index in [9.17, 15) is 4.79 Å². The molecule has 0 N–H and O–H groups in total. The highest BCUT2D eigenvalue weighted by atomic mass is 28.4. The highest BCUT2D eigenvalue weighted by Gasteiger charge is 2.43. The zero-order valence-corrected chi connectivity index (χ0v) is 17.2. The summed E-state index contributed by atoms with van der Waals surface area (Å²) in [4.78, 5) is 12.3. The highest BCUT2D eigenvalue weighted by molar-refractivity contribution is 6.91. The van der Waals surface area contributed by atoms with Crippen molar-refractivity contribution >= 4 is 28.0 Å². The van der Waals surface area contributed by atoms with Gasteiger partial charge in [0.15, 0.2) is 16.5 Å². The lowest BCUT2D eigenvalue weighted by atomic mass is 10.1. The van der Waals surface area contributed by atoms with E-state index in [0.29, 0.717) is 12.8 Å². The Morgan fingerprint density at radius 2 is 1.65 bits per heavy atom. The van der Waals surface area contributed by atoms with Crippen molar-refractivity contribution in [3.05, 3.63) is 35.9 Å². The maximum absolute atomic E-state index is 12.3. The number of hydrazone groups is 1. The summed E-state index contributed by atoms with van der Waals surface area (Å²) in [6.07, 6.45) is 2.34. The first-order chi connectivity index (χ1) is 10.7. The molecular weight excluding hydrogens is 316 g/mol. The van der Waals surface area contributed by atoms with Gasteiger partial charge in [0.25, 0.3) is 0 Å². The zero-order valence-electron chi connectivity index (χ0n) is 15.2. The minimum atomic E-state index is -1.45. The van der Waals surface area contributed by atoms with E-state index in [-0.39, 0.29) is 5.78 Å². The number of rotatable bonds is 5. The standard InChI is InChI=1S/C18H30N2OSi2/c1-16(14-18(21)15-17-10-7-6-8-11-17)19-20-22(2,3)12-9-13-23(20,4)5/h6-8,10-11H,9,12-15H2,1-5H3. The Kier molecular flexibility index (Phi) is 5.63. The minimum Gasteiger partial charge on any atom is -0.349 e. The summed E-state index contributed by atoms with van der Waals surface area (Å²) in [5, 5.41) is 4.98. The summed E-state index contributed by atoms with van der Waals surface area (Å²) in [6.45, 7) is 11.7. The monoisotopic (exact) mass is 346 g/mol. The molecule has 1 aliphatic rings. The summed E-state index contributed by atoms with van der Waals surface area (Å²) < 4.78 is 2.51. The largest absolute Gasteiger partial charge is 0.349 e. The number of hydrogen-bond donors (Lipinski definition) is 0. The molecule has 1 fully saturated rings. The molecule has 1 aromatic rings. The van der Waals surface area contributed by atoms with Gasteiger partial charge in [0, 0.05) is 18.6 Å². The summed E-state index contributed by atoms with van der Waals surface area (Å²) in [6, 6.07) is 12.6. The third-order valence-corrected chi connectivity index (χ3v) is 14.0. The maximum Gasteiger partial charge on any atom is 0.161 e. The van der Waals surface area contributed by atoms with Gasteiger partial charge in [-0.15, -0.1) is 0 Å². The summed E-state index contributed by atoms with van der Waals surface area (Å²) >= 11 is 0. The van der Waals surface area contributed by atoms with Crippen LogP contribution in [0, 0.1) is 0 Å². The highest BCUT2D eigenvalue weighted by Crippen LogP contribution is 2.35. The van der Waals surface area contributed by atoms with Crippen molar-refractivity contribution < 1.29 is 4.79 Å². The van der Waals surface area contributed by atoms with Crippen LogP contribution in [0.3, 0.4) is 0 Å². The van der Waals surface area contributed by atoms with E-state index in [1.807, 2.05) is 37.3 Å².